The molecule has 0 aromatic rings. The van der Waals surface area contributed by atoms with E-state index in [0.717, 1.165) is 0 Å². The van der Waals surface area contributed by atoms with Crippen LogP contribution in [0.3, 0.4) is 0 Å². The Kier molecular flexibility index (Phi) is 32.9. The maximum atomic E-state index is 5.04. The summed E-state index contributed by atoms with van der Waals surface area (Å²) in [6.07, 6.45) is 0. The highest BCUT2D eigenvalue weighted by Crippen LogP contribution is 2.29. The monoisotopic (exact) mass is 498 g/mol. The lowest BCUT2D eigenvalue weighted by Crippen LogP contribution is -1.81. The average molecular weight is 504 g/mol. The summed E-state index contributed by atoms with van der Waals surface area (Å²) in [5.74, 6) is 0. The van der Waals surface area contributed by atoms with Gasteiger partial charge >= 0.3 is 0 Å². The molecule has 18 heavy (non-hydrogen) atoms. The van der Waals surface area contributed by atoms with Crippen LogP contribution in [-0.4, -0.2) is 13.4 Å². The van der Waals surface area contributed by atoms with Gasteiger partial charge in [0.15, 0.2) is 0 Å². The molecule has 0 aliphatic carbocycles. The number of halogens is 12. The zero-order valence-electron chi connectivity index (χ0n) is 8.32. The minimum atomic E-state index is -1.61. The zero-order valence-corrected chi connectivity index (χ0v) is 17.4. The molecule has 0 saturated carbocycles. The van der Waals surface area contributed by atoms with Gasteiger partial charge < -0.3 is 0 Å². The van der Waals surface area contributed by atoms with E-state index >= 15 is 0 Å². The number of alkyl halides is 8. The highest BCUT2D eigenvalue weighted by atomic mass is 35.6. The highest BCUT2D eigenvalue weighted by molar-refractivity contribution is 6.83. The molecule has 0 spiro atoms. The Balaban J connectivity index is -0.0000000750. The molecule has 0 unspecified atom stereocenters. The van der Waals surface area contributed by atoms with Crippen molar-refractivity contribution in [1.29, 1.82) is 0 Å². The van der Waals surface area contributed by atoms with Crippen molar-refractivity contribution in [2.75, 3.05) is 5.34 Å². The summed E-state index contributed by atoms with van der Waals surface area (Å²) in [7, 11) is 0. The largest absolute Gasteiger partial charge is 0.266 e. The molecular formula is C6H6Cl12. The van der Waals surface area contributed by atoms with Crippen LogP contribution in [0, 0.1) is 0 Å². The molecule has 0 heterocycles. The van der Waals surface area contributed by atoms with Gasteiger partial charge in [-0.25, -0.2) is 0 Å². The van der Waals surface area contributed by atoms with Gasteiger partial charge in [0, 0.05) is 0 Å². The van der Waals surface area contributed by atoms with Crippen LogP contribution in [0.5, 0.6) is 0 Å². The van der Waals surface area contributed by atoms with E-state index in [9.17, 15) is 0 Å². The average Bonchev–Trinajstić information content (AvgIpc) is 2.00. The Morgan fingerprint density at radius 3 is 0.889 bits per heavy atom. The van der Waals surface area contributed by atoms with Crippen molar-refractivity contribution in [2.24, 2.45) is 0 Å². The van der Waals surface area contributed by atoms with Gasteiger partial charge in [-0.05, 0) is 6.92 Å². The summed E-state index contributed by atoms with van der Waals surface area (Å²) in [6, 6.07) is 0. The fraction of sp³-hybridized carbons (Fsp3) is 0.667. The lowest BCUT2D eigenvalue weighted by molar-refractivity contribution is 1.39. The lowest BCUT2D eigenvalue weighted by atomic mass is 11.0. The first kappa shape index (κ1) is 29.3. The minimum absolute atomic E-state index is 0.0988. The molecule has 0 aliphatic rings. The van der Waals surface area contributed by atoms with Crippen LogP contribution in [0.2, 0.25) is 0 Å². The van der Waals surface area contributed by atoms with Gasteiger partial charge in [-0.3, -0.25) is 0 Å². The number of hydrogen-bond donors (Lipinski definition) is 0. The summed E-state index contributed by atoms with van der Waals surface area (Å²) >= 11 is 58.9. The molecule has 0 amide bonds. The van der Waals surface area contributed by atoms with E-state index in [2.05, 4.69) is 0 Å². The van der Waals surface area contributed by atoms with Gasteiger partial charge in [-0.15, -0.1) is 46.4 Å². The van der Waals surface area contributed by atoms with Crippen molar-refractivity contribution in [3.63, 3.8) is 0 Å². The van der Waals surface area contributed by atoms with E-state index in [-0.39, 0.29) is 19.2 Å². The van der Waals surface area contributed by atoms with E-state index in [0.29, 0.717) is 0 Å². The third-order valence-corrected chi connectivity index (χ3v) is 1.29. The van der Waals surface area contributed by atoms with Gasteiger partial charge in [0.05, 0.1) is 5.34 Å². The van der Waals surface area contributed by atoms with Crippen molar-refractivity contribution in [2.45, 2.75) is 15.0 Å². The SMILES string of the molecule is CC(Cl)Cl.ClC(Cl)(Cl)Cl.ClC(Cl)=C(Cl)Cl.ClCCl. The standard InChI is InChI=1S/C2Cl4.C2H4Cl2.CCl4.CH2Cl2/c3-1(4)2(5)6;1-2(3)4;2-1(3,4)5;2-1-3/h;2H,1H3;;1H2. The molecule has 0 aromatic heterocycles. The summed E-state index contributed by atoms with van der Waals surface area (Å²) < 4.78 is -1.81. The van der Waals surface area contributed by atoms with Crippen LogP contribution in [0.15, 0.2) is 8.98 Å². The topological polar surface area (TPSA) is 0 Å². The lowest BCUT2D eigenvalue weighted by Gasteiger charge is -1.91. The molecule has 0 fully saturated rings. The first-order chi connectivity index (χ1) is 7.79. The second-order valence-corrected chi connectivity index (χ2v) is 9.24. The Hall–Kier alpha value is 3.22. The third kappa shape index (κ3) is 122. The van der Waals surface area contributed by atoms with Crippen LogP contribution in [0.1, 0.15) is 6.92 Å². The smallest absolute Gasteiger partial charge is 0.109 e. The Labute approximate surface area is 167 Å². The van der Waals surface area contributed by atoms with E-state index in [4.69, 9.17) is 139 Å². The van der Waals surface area contributed by atoms with Gasteiger partial charge in [0.1, 0.15) is 13.8 Å². The number of hydrogen-bond acceptors (Lipinski definition) is 0. The highest BCUT2D eigenvalue weighted by Gasteiger charge is 2.11. The van der Waals surface area contributed by atoms with Crippen molar-refractivity contribution in [1.82, 2.24) is 0 Å². The van der Waals surface area contributed by atoms with Crippen molar-refractivity contribution in [3.05, 3.63) is 8.98 Å². The van der Waals surface area contributed by atoms with Crippen LogP contribution in [0.25, 0.3) is 0 Å². The molecule has 0 rings (SSSR count). The van der Waals surface area contributed by atoms with Crippen LogP contribution in [0.4, 0.5) is 0 Å². The first-order valence-electron chi connectivity index (χ1n) is 3.31. The Morgan fingerprint density at radius 2 is 0.889 bits per heavy atom. The Bertz CT molecular complexity index is 155. The van der Waals surface area contributed by atoms with Gasteiger partial charge in [-0.2, -0.15) is 0 Å². The van der Waals surface area contributed by atoms with Crippen molar-refractivity contribution in [3.8, 4) is 0 Å². The second kappa shape index (κ2) is 20.2. The van der Waals surface area contributed by atoms with E-state index in [1.165, 1.54) is 0 Å². The quantitative estimate of drug-likeness (QED) is 0.290. The molecule has 0 aromatic carbocycles. The predicted molar refractivity (Wildman–Crippen MR) is 94.3 cm³/mol. The zero-order chi connectivity index (χ0) is 15.9. The van der Waals surface area contributed by atoms with E-state index < -0.39 is 3.25 Å². The Morgan fingerprint density at radius 1 is 0.833 bits per heavy atom. The van der Waals surface area contributed by atoms with Crippen molar-refractivity contribution < 1.29 is 0 Å². The van der Waals surface area contributed by atoms with Gasteiger partial charge in [0.25, 0.3) is 3.25 Å². The first-order valence-corrected chi connectivity index (χ1v) is 8.28. The van der Waals surface area contributed by atoms with Crippen LogP contribution >= 0.6 is 139 Å². The maximum absolute atomic E-state index is 5.04. The fourth-order valence-electron chi connectivity index (χ4n) is 0. The number of rotatable bonds is 0. The molecule has 0 atom stereocenters. The molecule has 0 aliphatic heterocycles. The van der Waals surface area contributed by atoms with Gasteiger partial charge in [0.2, 0.25) is 0 Å². The van der Waals surface area contributed by atoms with Gasteiger partial charge in [-0.1, -0.05) is 92.8 Å². The van der Waals surface area contributed by atoms with Crippen LogP contribution < -0.4 is 0 Å². The van der Waals surface area contributed by atoms with E-state index in [1.54, 1.807) is 6.92 Å². The fourth-order valence-corrected chi connectivity index (χ4v) is 0. The summed E-state index contributed by atoms with van der Waals surface area (Å²) in [5.41, 5.74) is 0. The molecule has 0 nitrogen and oxygen atoms in total. The maximum Gasteiger partial charge on any atom is 0.266 e. The minimum Gasteiger partial charge on any atom is -0.109 e. The summed E-state index contributed by atoms with van der Waals surface area (Å²) in [6.45, 7) is 1.70. The molecule has 0 N–H and O–H groups in total. The molecule has 114 valence electrons. The third-order valence-electron chi connectivity index (χ3n) is 0.143. The normalized spacial score (nSPS) is 9.00. The van der Waals surface area contributed by atoms with E-state index in [1.807, 2.05) is 0 Å². The predicted octanol–water partition coefficient (Wildman–Crippen LogP) is 8.85. The molecule has 0 bridgehead atoms. The molecule has 0 radical (unpaired) electrons. The van der Waals surface area contributed by atoms with Crippen LogP contribution in [-0.2, 0) is 0 Å². The summed E-state index contributed by atoms with van der Waals surface area (Å²) in [5, 5.41) is 0.194. The molecule has 12 heteroatoms. The molecule has 0 saturated heterocycles. The second-order valence-electron chi connectivity index (χ2n) is 1.57. The summed E-state index contributed by atoms with van der Waals surface area (Å²) in [4.78, 5) is -0.222. The molecular weight excluding hydrogens is 498 g/mol. The van der Waals surface area contributed by atoms with Crippen molar-refractivity contribution >= 4 is 139 Å².